The molecule has 0 aromatic rings. The van der Waals surface area contributed by atoms with Crippen molar-refractivity contribution in [3.8, 4) is 0 Å². The Balaban J connectivity index is 1.71. The Hall–Kier alpha value is -3.35. The third-order valence-corrected chi connectivity index (χ3v) is 16.3. The predicted molar refractivity (Wildman–Crippen MR) is 355 cm³/mol. The quantitative estimate of drug-likeness (QED) is 0.0204. The average molecular weight is 1220 g/mol. The van der Waals surface area contributed by atoms with E-state index in [1.807, 2.05) is 0 Å². The molecule has 14 heteroatoms. The van der Waals surface area contributed by atoms with Crippen molar-refractivity contribution in [1.29, 1.82) is 0 Å². The van der Waals surface area contributed by atoms with Crippen LogP contribution in [0.2, 0.25) is 0 Å². The Morgan fingerprint density at radius 1 is 0.425 bits per heavy atom. The number of amides is 1. The lowest BCUT2D eigenvalue weighted by Gasteiger charge is -2.46. The van der Waals surface area contributed by atoms with E-state index in [9.17, 15) is 45.6 Å². The first-order valence-electron chi connectivity index (χ1n) is 34.6. The molecule has 12 unspecified atom stereocenters. The molecule has 14 nitrogen and oxygen atoms in total. The number of ether oxygens (including phenoxy) is 4. The van der Waals surface area contributed by atoms with Crippen LogP contribution in [0.25, 0.3) is 0 Å². The second-order valence-electron chi connectivity index (χ2n) is 23.9. The van der Waals surface area contributed by atoms with Crippen LogP contribution >= 0.6 is 0 Å². The molecule has 0 radical (unpaired) electrons. The SMILES string of the molecule is CC/C=C\C/C=C\C/C=C\C/C=C\C/C=C\C/C=C\C/C=C\C/C=C\C/C=C\CCCCCC(=O)NC(COC1OC(CO)C(OC2OC(CO)C(O)C(O)C2O)C(O)C1O)C(O)CCCCCCCCCCCCCCCCCCCCCCCC. The highest BCUT2D eigenvalue weighted by Crippen LogP contribution is 2.30. The summed E-state index contributed by atoms with van der Waals surface area (Å²) < 4.78 is 22.9. The van der Waals surface area contributed by atoms with Crippen molar-refractivity contribution < 1.29 is 64.6 Å². The van der Waals surface area contributed by atoms with Crippen LogP contribution in [-0.4, -0.2) is 140 Å². The lowest BCUT2D eigenvalue weighted by atomic mass is 9.97. The minimum absolute atomic E-state index is 0.241. The van der Waals surface area contributed by atoms with Crippen molar-refractivity contribution in [2.75, 3.05) is 19.8 Å². The highest BCUT2D eigenvalue weighted by atomic mass is 16.7. The number of rotatable bonds is 55. The van der Waals surface area contributed by atoms with Crippen molar-refractivity contribution in [2.45, 2.75) is 325 Å². The lowest BCUT2D eigenvalue weighted by Crippen LogP contribution is -2.65. The fraction of sp³-hybridized carbons (Fsp3) is 0.740. The largest absolute Gasteiger partial charge is 0.394 e. The summed E-state index contributed by atoms with van der Waals surface area (Å²) in [5.74, 6) is -0.241. The van der Waals surface area contributed by atoms with Crippen molar-refractivity contribution in [1.82, 2.24) is 5.32 Å². The molecular formula is C73H125NO13. The maximum Gasteiger partial charge on any atom is 0.220 e. The molecule has 2 aliphatic rings. The van der Waals surface area contributed by atoms with Crippen LogP contribution in [0.1, 0.15) is 251 Å². The van der Waals surface area contributed by atoms with Gasteiger partial charge in [-0.2, -0.15) is 0 Å². The Bertz CT molecular complexity index is 1880. The first-order valence-corrected chi connectivity index (χ1v) is 34.6. The summed E-state index contributed by atoms with van der Waals surface area (Å²) >= 11 is 0. The van der Waals surface area contributed by atoms with Gasteiger partial charge in [0.1, 0.15) is 48.8 Å². The summed E-state index contributed by atoms with van der Waals surface area (Å²) in [5.41, 5.74) is 0. The van der Waals surface area contributed by atoms with E-state index < -0.39 is 86.8 Å². The van der Waals surface area contributed by atoms with Gasteiger partial charge in [-0.05, 0) is 83.5 Å². The predicted octanol–water partition coefficient (Wildman–Crippen LogP) is 14.0. The standard InChI is InChI=1S/C73H125NO13/c1-3-5-7-9-11-13-15-17-19-21-23-25-27-28-29-30-31-32-33-34-35-37-39-41-43-45-47-49-51-53-55-57-65(78)74-61(60-84-72-70(83)68(81)71(64(59-76)86-72)87-73-69(82)67(80)66(79)63(58-75)85-73)62(77)56-54-52-50-48-46-44-42-40-38-36-26-24-22-20-18-16-14-12-10-8-6-4-2/h5,7,11,13,17,19,23,25,28-29,31-32,34-35,39,41,45,47,61-64,66-73,75-77,79-83H,3-4,6,8-10,12,14-16,18,20-22,24,26-27,30,33,36-38,40,42-44,46,48-60H2,1-2H3,(H,74,78)/b7-5-,13-11-,19-17-,25-23-,29-28-,32-31-,35-34-,41-39-,47-45-. The zero-order chi connectivity index (χ0) is 63.1. The Labute approximate surface area is 527 Å². The second kappa shape index (κ2) is 56.6. The van der Waals surface area contributed by atoms with Gasteiger partial charge in [0, 0.05) is 6.42 Å². The monoisotopic (exact) mass is 1220 g/mol. The summed E-state index contributed by atoms with van der Waals surface area (Å²) in [6, 6.07) is -0.856. The fourth-order valence-electron chi connectivity index (χ4n) is 10.8. The van der Waals surface area contributed by atoms with E-state index in [-0.39, 0.29) is 18.9 Å². The molecule has 0 aromatic heterocycles. The molecule has 12 atom stereocenters. The summed E-state index contributed by atoms with van der Waals surface area (Å²) in [7, 11) is 0. The van der Waals surface area contributed by atoms with E-state index in [1.165, 1.54) is 116 Å². The first-order chi connectivity index (χ1) is 42.6. The highest BCUT2D eigenvalue weighted by Gasteiger charge is 2.51. The molecule has 87 heavy (non-hydrogen) atoms. The van der Waals surface area contributed by atoms with Crippen molar-refractivity contribution in [3.05, 3.63) is 109 Å². The van der Waals surface area contributed by atoms with Crippen LogP contribution in [-0.2, 0) is 23.7 Å². The van der Waals surface area contributed by atoms with Gasteiger partial charge in [0.15, 0.2) is 12.6 Å². The van der Waals surface area contributed by atoms with Crippen LogP contribution in [0.15, 0.2) is 109 Å². The smallest absolute Gasteiger partial charge is 0.220 e. The zero-order valence-corrected chi connectivity index (χ0v) is 54.2. The number of allylic oxidation sites excluding steroid dienone is 18. The summed E-state index contributed by atoms with van der Waals surface area (Å²) in [6.45, 7) is 2.74. The molecule has 2 aliphatic heterocycles. The molecule has 2 fully saturated rings. The summed E-state index contributed by atoms with van der Waals surface area (Å²) in [5, 5.41) is 87.6. The fourth-order valence-corrected chi connectivity index (χ4v) is 10.8. The van der Waals surface area contributed by atoms with Crippen LogP contribution in [0.3, 0.4) is 0 Å². The van der Waals surface area contributed by atoms with Crippen molar-refractivity contribution >= 4 is 5.91 Å². The number of hydrogen-bond acceptors (Lipinski definition) is 13. The lowest BCUT2D eigenvalue weighted by molar-refractivity contribution is -0.359. The third kappa shape index (κ3) is 40.9. The van der Waals surface area contributed by atoms with Gasteiger partial charge in [0.2, 0.25) is 5.91 Å². The first kappa shape index (κ1) is 79.7. The van der Waals surface area contributed by atoms with Gasteiger partial charge in [-0.1, -0.05) is 271 Å². The topological polar surface area (TPSA) is 228 Å². The molecule has 1 amide bonds. The van der Waals surface area contributed by atoms with E-state index >= 15 is 0 Å². The van der Waals surface area contributed by atoms with Crippen LogP contribution in [0, 0.1) is 0 Å². The Morgan fingerprint density at radius 3 is 1.21 bits per heavy atom. The van der Waals surface area contributed by atoms with Crippen LogP contribution < -0.4 is 5.32 Å². The Morgan fingerprint density at radius 2 is 0.793 bits per heavy atom. The number of carbonyl (C=O) groups excluding carboxylic acids is 1. The summed E-state index contributed by atoms with van der Waals surface area (Å²) in [4.78, 5) is 13.3. The van der Waals surface area contributed by atoms with Gasteiger partial charge in [-0.3, -0.25) is 4.79 Å². The number of aliphatic hydroxyl groups excluding tert-OH is 8. The van der Waals surface area contributed by atoms with Gasteiger partial charge < -0.3 is 65.1 Å². The summed E-state index contributed by atoms with van der Waals surface area (Å²) in [6.07, 6.45) is 63.7. The van der Waals surface area contributed by atoms with Gasteiger partial charge in [-0.25, -0.2) is 0 Å². The molecule has 9 N–H and O–H groups in total. The molecular weight excluding hydrogens is 1100 g/mol. The number of hydrogen-bond donors (Lipinski definition) is 9. The highest BCUT2D eigenvalue weighted by molar-refractivity contribution is 5.76. The second-order valence-corrected chi connectivity index (χ2v) is 23.9. The minimum Gasteiger partial charge on any atom is -0.394 e. The number of aliphatic hydroxyl groups is 8. The van der Waals surface area contributed by atoms with Crippen molar-refractivity contribution in [3.63, 3.8) is 0 Å². The molecule has 0 bridgehead atoms. The van der Waals surface area contributed by atoms with E-state index in [0.717, 1.165) is 103 Å². The average Bonchev–Trinajstić information content (AvgIpc) is 2.33. The van der Waals surface area contributed by atoms with E-state index in [4.69, 9.17) is 18.9 Å². The molecule has 0 aromatic carbocycles. The minimum atomic E-state index is -1.79. The van der Waals surface area contributed by atoms with Gasteiger partial charge >= 0.3 is 0 Å². The van der Waals surface area contributed by atoms with Gasteiger partial charge in [0.25, 0.3) is 0 Å². The van der Waals surface area contributed by atoms with E-state index in [2.05, 4.69) is 129 Å². The maximum absolute atomic E-state index is 13.3. The molecule has 500 valence electrons. The molecule has 2 heterocycles. The third-order valence-electron chi connectivity index (χ3n) is 16.3. The number of carbonyl (C=O) groups is 1. The van der Waals surface area contributed by atoms with Crippen LogP contribution in [0.5, 0.6) is 0 Å². The van der Waals surface area contributed by atoms with Gasteiger partial charge in [0.05, 0.1) is 32.0 Å². The molecule has 2 saturated heterocycles. The molecule has 2 rings (SSSR count). The Kier molecular flexibility index (Phi) is 51.9. The number of nitrogens with one attached hydrogen (secondary N) is 1. The molecule has 0 aliphatic carbocycles. The maximum atomic E-state index is 13.3. The van der Waals surface area contributed by atoms with Gasteiger partial charge in [-0.15, -0.1) is 0 Å². The van der Waals surface area contributed by atoms with E-state index in [1.54, 1.807) is 0 Å². The number of unbranched alkanes of at least 4 members (excludes halogenated alkanes) is 24. The molecule has 0 saturated carbocycles. The normalized spacial score (nSPS) is 24.0. The van der Waals surface area contributed by atoms with Crippen LogP contribution in [0.4, 0.5) is 0 Å². The van der Waals surface area contributed by atoms with E-state index in [0.29, 0.717) is 12.8 Å². The van der Waals surface area contributed by atoms with Crippen molar-refractivity contribution in [2.24, 2.45) is 0 Å². The zero-order valence-electron chi connectivity index (χ0n) is 54.2. The molecule has 0 spiro atoms.